The van der Waals surface area contributed by atoms with Crippen molar-refractivity contribution in [3.05, 3.63) is 64.8 Å². The zero-order valence-electron chi connectivity index (χ0n) is 22.7. The Kier molecular flexibility index (Phi) is 7.03. The predicted molar refractivity (Wildman–Crippen MR) is 148 cm³/mol. The highest BCUT2D eigenvalue weighted by Crippen LogP contribution is 2.39. The number of pyridine rings is 1. The maximum absolute atomic E-state index is 14.2. The Morgan fingerprint density at radius 1 is 1.07 bits per heavy atom. The van der Waals surface area contributed by atoms with Crippen molar-refractivity contribution in [2.24, 2.45) is 0 Å². The average Bonchev–Trinajstić information content (AvgIpc) is 2.88. The molecular formula is C28H30ClFN6O4. The third-order valence-corrected chi connectivity index (χ3v) is 7.27. The first-order valence-electron chi connectivity index (χ1n) is 12.9. The fourth-order valence-corrected chi connectivity index (χ4v) is 5.20. The fraction of sp³-hybridized carbons (Fsp3) is 0.393. The number of halogens is 2. The first-order chi connectivity index (χ1) is 18.8. The molecule has 3 aromatic rings. The number of anilines is 3. The summed E-state index contributed by atoms with van der Waals surface area (Å²) in [5.74, 6) is -0.428. The van der Waals surface area contributed by atoms with Gasteiger partial charge in [0, 0.05) is 31.5 Å². The number of benzene rings is 1. The summed E-state index contributed by atoms with van der Waals surface area (Å²) in [4.78, 5) is 43.8. The van der Waals surface area contributed by atoms with Crippen LogP contribution >= 0.6 is 11.6 Å². The molecule has 0 radical (unpaired) electrons. The van der Waals surface area contributed by atoms with Gasteiger partial charge in [0.1, 0.15) is 17.2 Å². The van der Waals surface area contributed by atoms with Crippen LogP contribution in [0.5, 0.6) is 5.88 Å². The molecule has 0 spiro atoms. The van der Waals surface area contributed by atoms with Gasteiger partial charge in [-0.05, 0) is 57.5 Å². The number of carbonyl (C=O) groups is 2. The number of ether oxygens (including phenoxy) is 1. The van der Waals surface area contributed by atoms with E-state index in [9.17, 15) is 14.0 Å². The van der Waals surface area contributed by atoms with Crippen molar-refractivity contribution in [2.75, 3.05) is 36.0 Å². The summed E-state index contributed by atoms with van der Waals surface area (Å²) in [6.07, 6.45) is 2.91. The normalized spacial score (nSPS) is 17.7. The Bertz CT molecular complexity index is 1470. The highest BCUT2D eigenvalue weighted by molar-refractivity contribution is 6.30. The van der Waals surface area contributed by atoms with Gasteiger partial charge >= 0.3 is 5.97 Å². The van der Waals surface area contributed by atoms with Crippen molar-refractivity contribution in [3.8, 4) is 5.88 Å². The minimum atomic E-state index is -0.909. The highest BCUT2D eigenvalue weighted by Gasteiger charge is 2.40. The molecule has 0 unspecified atom stereocenters. The number of aromatic nitrogens is 3. The summed E-state index contributed by atoms with van der Waals surface area (Å²) in [5, 5.41) is 9.02. The van der Waals surface area contributed by atoms with Crippen molar-refractivity contribution in [1.82, 2.24) is 19.9 Å². The summed E-state index contributed by atoms with van der Waals surface area (Å²) < 4.78 is 20.4. The van der Waals surface area contributed by atoms with E-state index in [4.69, 9.17) is 21.4 Å². The van der Waals surface area contributed by atoms with Gasteiger partial charge in [-0.25, -0.2) is 19.3 Å². The van der Waals surface area contributed by atoms with E-state index < -0.39 is 22.9 Å². The quantitative estimate of drug-likeness (QED) is 0.480. The van der Waals surface area contributed by atoms with Gasteiger partial charge in [0.05, 0.1) is 29.7 Å². The number of hydrogen-bond acceptors (Lipinski definition) is 8. The Balaban J connectivity index is 1.36. The van der Waals surface area contributed by atoms with Crippen LogP contribution in [0.15, 0.2) is 42.7 Å². The lowest BCUT2D eigenvalue weighted by Crippen LogP contribution is -2.61. The second-order valence-electron chi connectivity index (χ2n) is 11.2. The SMILES string of the molecule is CC1(C)CN(c2ccc(Cl)c(F)c2)c2ncc(C(=O)N3CCN(c4ccc(CC(=O)O)cn4)CC3(C)C)nc2O1. The van der Waals surface area contributed by atoms with Gasteiger partial charge in [-0.1, -0.05) is 17.7 Å². The van der Waals surface area contributed by atoms with Crippen LogP contribution in [0.2, 0.25) is 5.02 Å². The molecule has 2 aliphatic rings. The molecule has 5 rings (SSSR count). The third kappa shape index (κ3) is 5.51. The van der Waals surface area contributed by atoms with Crippen molar-refractivity contribution in [3.63, 3.8) is 0 Å². The standard InChI is InChI=1S/C28H30ClFN6O4/c1-27(2)15-34(22-8-5-17(13-31-22)11-23(37)38)9-10-36(27)26(39)21-14-32-24-25(33-21)40-28(3,4)16-35(24)18-6-7-19(29)20(30)12-18/h5-8,12-14H,9-11,15-16H2,1-4H3,(H,37,38). The Hall–Kier alpha value is -3.99. The van der Waals surface area contributed by atoms with Crippen LogP contribution in [0, 0.1) is 5.82 Å². The maximum atomic E-state index is 14.2. The van der Waals surface area contributed by atoms with Gasteiger partial charge in [0.2, 0.25) is 0 Å². The number of nitrogens with zero attached hydrogens (tertiary/aromatic N) is 6. The molecular weight excluding hydrogens is 539 g/mol. The smallest absolute Gasteiger partial charge is 0.307 e. The van der Waals surface area contributed by atoms with E-state index in [0.29, 0.717) is 43.2 Å². The van der Waals surface area contributed by atoms with Crippen molar-refractivity contribution >= 4 is 40.8 Å². The number of fused-ring (bicyclic) bond motifs is 1. The van der Waals surface area contributed by atoms with Gasteiger partial charge < -0.3 is 24.5 Å². The molecule has 1 fully saturated rings. The summed E-state index contributed by atoms with van der Waals surface area (Å²) >= 11 is 5.88. The number of carboxylic acids is 1. The monoisotopic (exact) mass is 568 g/mol. The molecule has 10 nitrogen and oxygen atoms in total. The minimum absolute atomic E-state index is 0.0252. The molecule has 0 aliphatic carbocycles. The summed E-state index contributed by atoms with van der Waals surface area (Å²) in [6.45, 7) is 9.58. The van der Waals surface area contributed by atoms with Gasteiger partial charge in [-0.15, -0.1) is 0 Å². The van der Waals surface area contributed by atoms with E-state index in [1.54, 1.807) is 34.2 Å². The maximum Gasteiger partial charge on any atom is 0.307 e. The molecule has 0 atom stereocenters. The second kappa shape index (κ2) is 10.2. The lowest BCUT2D eigenvalue weighted by molar-refractivity contribution is -0.136. The molecule has 210 valence electrons. The molecule has 4 heterocycles. The number of carboxylic acid groups (broad SMARTS) is 1. The van der Waals surface area contributed by atoms with Crippen LogP contribution in [0.3, 0.4) is 0 Å². The number of carbonyl (C=O) groups excluding carboxylic acids is 1. The zero-order chi connectivity index (χ0) is 28.8. The molecule has 1 amide bonds. The lowest BCUT2D eigenvalue weighted by atomic mass is 9.98. The molecule has 1 saturated heterocycles. The van der Waals surface area contributed by atoms with E-state index in [1.165, 1.54) is 18.3 Å². The summed E-state index contributed by atoms with van der Waals surface area (Å²) in [7, 11) is 0. The van der Waals surface area contributed by atoms with E-state index in [2.05, 4.69) is 19.9 Å². The third-order valence-electron chi connectivity index (χ3n) is 6.96. The second-order valence-corrected chi connectivity index (χ2v) is 11.6. The largest absolute Gasteiger partial charge is 0.481 e. The topological polar surface area (TPSA) is 112 Å². The summed E-state index contributed by atoms with van der Waals surface area (Å²) in [5.41, 5.74) is 0.0743. The first kappa shape index (κ1) is 27.6. The Morgan fingerprint density at radius 3 is 2.50 bits per heavy atom. The van der Waals surface area contributed by atoms with Crippen molar-refractivity contribution < 1.29 is 23.8 Å². The van der Waals surface area contributed by atoms with Crippen LogP contribution in [0.4, 0.5) is 21.7 Å². The van der Waals surface area contributed by atoms with E-state index in [0.717, 1.165) is 5.82 Å². The fourth-order valence-electron chi connectivity index (χ4n) is 5.09. The number of rotatable bonds is 5. The van der Waals surface area contributed by atoms with Gasteiger partial charge in [0.25, 0.3) is 11.8 Å². The van der Waals surface area contributed by atoms with E-state index >= 15 is 0 Å². The molecule has 1 N–H and O–H groups in total. The molecule has 0 bridgehead atoms. The summed E-state index contributed by atoms with van der Waals surface area (Å²) in [6, 6.07) is 8.09. The molecule has 12 heteroatoms. The Morgan fingerprint density at radius 2 is 1.85 bits per heavy atom. The highest BCUT2D eigenvalue weighted by atomic mass is 35.5. The average molecular weight is 569 g/mol. The van der Waals surface area contributed by atoms with Gasteiger partial charge in [-0.3, -0.25) is 9.59 Å². The minimum Gasteiger partial charge on any atom is -0.481 e. The van der Waals surface area contributed by atoms with Crippen LogP contribution < -0.4 is 14.5 Å². The number of hydrogen-bond donors (Lipinski definition) is 1. The lowest BCUT2D eigenvalue weighted by Gasteiger charge is -2.47. The molecule has 2 aromatic heterocycles. The van der Waals surface area contributed by atoms with Crippen LogP contribution in [-0.2, 0) is 11.2 Å². The van der Waals surface area contributed by atoms with Crippen LogP contribution in [0.1, 0.15) is 43.7 Å². The van der Waals surface area contributed by atoms with Crippen molar-refractivity contribution in [1.29, 1.82) is 0 Å². The molecule has 1 aromatic carbocycles. The molecule has 0 saturated carbocycles. The van der Waals surface area contributed by atoms with E-state index in [-0.39, 0.29) is 28.9 Å². The number of piperazine rings is 1. The van der Waals surface area contributed by atoms with Gasteiger partial charge in [-0.2, -0.15) is 0 Å². The number of aliphatic carboxylic acids is 1. The number of amides is 1. The Labute approximate surface area is 236 Å². The van der Waals surface area contributed by atoms with Crippen LogP contribution in [-0.4, -0.2) is 74.2 Å². The van der Waals surface area contributed by atoms with E-state index in [1.807, 2.05) is 27.7 Å². The van der Waals surface area contributed by atoms with Gasteiger partial charge in [0.15, 0.2) is 11.5 Å². The predicted octanol–water partition coefficient (Wildman–Crippen LogP) is 4.34. The first-order valence-corrected chi connectivity index (χ1v) is 13.2. The van der Waals surface area contributed by atoms with Crippen LogP contribution in [0.25, 0.3) is 0 Å². The zero-order valence-corrected chi connectivity index (χ0v) is 23.4. The van der Waals surface area contributed by atoms with Crippen molar-refractivity contribution in [2.45, 2.75) is 45.3 Å². The molecule has 40 heavy (non-hydrogen) atoms. The molecule has 2 aliphatic heterocycles.